The zero-order valence-corrected chi connectivity index (χ0v) is 16.0. The van der Waals surface area contributed by atoms with Gasteiger partial charge in [-0.1, -0.05) is 50.0 Å². The topological polar surface area (TPSA) is 69.6 Å². The Labute approximate surface area is 140 Å². The van der Waals surface area contributed by atoms with Crippen LogP contribution in [0, 0.1) is 0 Å². The number of nitrogens with zero attached hydrogens (tertiary/aromatic N) is 1. The first-order valence-corrected chi connectivity index (χ1v) is 13.4. The average Bonchev–Trinajstić information content (AvgIpc) is 2.76. The molecule has 0 unspecified atom stereocenters. The van der Waals surface area contributed by atoms with Gasteiger partial charge >= 0.3 is 0 Å². The molecular formula is C16H28N2O3SSi. The van der Waals surface area contributed by atoms with Crippen molar-refractivity contribution in [2.24, 2.45) is 0 Å². The van der Waals surface area contributed by atoms with E-state index in [9.17, 15) is 13.5 Å². The lowest BCUT2D eigenvalue weighted by atomic mass is 10.2. The molecule has 1 saturated heterocycles. The Bertz CT molecular complexity index is 602. The summed E-state index contributed by atoms with van der Waals surface area (Å²) in [4.78, 5) is 2.09. The molecule has 2 rings (SSSR count). The van der Waals surface area contributed by atoms with E-state index in [1.807, 2.05) is 30.3 Å². The number of aliphatic hydroxyl groups is 1. The number of benzene rings is 1. The molecule has 0 radical (unpaired) electrons. The van der Waals surface area contributed by atoms with Gasteiger partial charge in [0.1, 0.15) is 0 Å². The molecule has 5 nitrogen and oxygen atoms in total. The molecule has 1 aliphatic heterocycles. The fraction of sp³-hybridized carbons (Fsp3) is 0.625. The maximum atomic E-state index is 12.2. The van der Waals surface area contributed by atoms with E-state index < -0.39 is 30.2 Å². The van der Waals surface area contributed by atoms with Crippen LogP contribution in [0.2, 0.25) is 25.7 Å². The zero-order valence-electron chi connectivity index (χ0n) is 14.2. The van der Waals surface area contributed by atoms with Gasteiger partial charge < -0.3 is 5.11 Å². The van der Waals surface area contributed by atoms with Gasteiger partial charge in [0.05, 0.1) is 17.9 Å². The highest BCUT2D eigenvalue weighted by Gasteiger charge is 2.34. The fourth-order valence-electron chi connectivity index (χ4n) is 2.68. The lowest BCUT2D eigenvalue weighted by Gasteiger charge is -2.19. The van der Waals surface area contributed by atoms with Gasteiger partial charge in [0.15, 0.2) is 0 Å². The molecule has 1 fully saturated rings. The number of hydrogen-bond acceptors (Lipinski definition) is 4. The molecule has 0 bridgehead atoms. The Kier molecular flexibility index (Phi) is 6.02. The SMILES string of the molecule is C[Si](C)(C)CCS(=O)(=O)N[C@H]1CN(Cc2ccccc2)C[C@H]1O. The van der Waals surface area contributed by atoms with E-state index in [0.29, 0.717) is 13.1 Å². The molecule has 23 heavy (non-hydrogen) atoms. The van der Waals surface area contributed by atoms with Gasteiger partial charge in [0.25, 0.3) is 0 Å². The Balaban J connectivity index is 1.89. The van der Waals surface area contributed by atoms with Gasteiger partial charge in [-0.2, -0.15) is 0 Å². The third-order valence-electron chi connectivity index (χ3n) is 4.07. The Morgan fingerprint density at radius 3 is 2.48 bits per heavy atom. The van der Waals surface area contributed by atoms with E-state index in [1.54, 1.807) is 0 Å². The van der Waals surface area contributed by atoms with Crippen LogP contribution in [0.25, 0.3) is 0 Å². The largest absolute Gasteiger partial charge is 0.390 e. The van der Waals surface area contributed by atoms with E-state index in [0.717, 1.165) is 12.6 Å². The Morgan fingerprint density at radius 2 is 1.87 bits per heavy atom. The number of likely N-dealkylation sites (tertiary alicyclic amines) is 1. The maximum absolute atomic E-state index is 12.2. The van der Waals surface area contributed by atoms with Crippen molar-refractivity contribution in [2.45, 2.75) is 44.4 Å². The summed E-state index contributed by atoms with van der Waals surface area (Å²) in [6, 6.07) is 10.3. The van der Waals surface area contributed by atoms with Crippen molar-refractivity contribution in [3.63, 3.8) is 0 Å². The summed E-state index contributed by atoms with van der Waals surface area (Å²) >= 11 is 0. The first-order chi connectivity index (χ1) is 10.6. The summed E-state index contributed by atoms with van der Waals surface area (Å²) in [6.45, 7) is 8.25. The number of β-amino-alcohol motifs (C(OH)–C–C–N with tert-alkyl or cyclic N) is 1. The lowest BCUT2D eigenvalue weighted by Crippen LogP contribution is -2.44. The minimum Gasteiger partial charge on any atom is -0.390 e. The van der Waals surface area contributed by atoms with Crippen LogP contribution in [0.1, 0.15) is 5.56 Å². The second-order valence-electron chi connectivity index (χ2n) is 7.60. The second kappa shape index (κ2) is 7.44. The monoisotopic (exact) mass is 356 g/mol. The van der Waals surface area contributed by atoms with Crippen LogP contribution < -0.4 is 4.72 Å². The van der Waals surface area contributed by atoms with Crippen molar-refractivity contribution in [3.8, 4) is 0 Å². The van der Waals surface area contributed by atoms with Gasteiger partial charge in [-0.25, -0.2) is 13.1 Å². The molecule has 1 aromatic rings. The Hall–Kier alpha value is -0.733. The van der Waals surface area contributed by atoms with Crippen LogP contribution >= 0.6 is 0 Å². The maximum Gasteiger partial charge on any atom is 0.211 e. The van der Waals surface area contributed by atoms with Crippen molar-refractivity contribution in [2.75, 3.05) is 18.8 Å². The summed E-state index contributed by atoms with van der Waals surface area (Å²) in [5.41, 5.74) is 1.17. The van der Waals surface area contributed by atoms with Gasteiger partial charge in [-0.15, -0.1) is 0 Å². The summed E-state index contributed by atoms with van der Waals surface area (Å²) in [7, 11) is -4.73. The molecule has 2 N–H and O–H groups in total. The number of sulfonamides is 1. The molecular weight excluding hydrogens is 328 g/mol. The normalized spacial score (nSPS) is 23.3. The van der Waals surface area contributed by atoms with Crippen LogP contribution in [0.3, 0.4) is 0 Å². The zero-order chi connectivity index (χ0) is 17.1. The summed E-state index contributed by atoms with van der Waals surface area (Å²) in [6.07, 6.45) is -0.652. The van der Waals surface area contributed by atoms with Crippen molar-refractivity contribution in [1.29, 1.82) is 0 Å². The Morgan fingerprint density at radius 1 is 1.22 bits per heavy atom. The molecule has 1 aliphatic rings. The smallest absolute Gasteiger partial charge is 0.211 e. The number of rotatable bonds is 7. The van der Waals surface area contributed by atoms with E-state index in [4.69, 9.17) is 0 Å². The molecule has 0 amide bonds. The van der Waals surface area contributed by atoms with Crippen LogP contribution in [0.5, 0.6) is 0 Å². The van der Waals surface area contributed by atoms with Gasteiger partial charge in [0.2, 0.25) is 10.0 Å². The molecule has 0 aromatic heterocycles. The number of aliphatic hydroxyl groups excluding tert-OH is 1. The second-order valence-corrected chi connectivity index (χ2v) is 15.1. The van der Waals surface area contributed by atoms with Gasteiger partial charge in [0, 0.05) is 27.7 Å². The van der Waals surface area contributed by atoms with Crippen molar-refractivity contribution in [1.82, 2.24) is 9.62 Å². The standard InChI is InChI=1S/C16H28N2O3SSi/c1-23(2,3)10-9-22(20,21)17-15-12-18(13-16(15)19)11-14-7-5-4-6-8-14/h4-8,15-17,19H,9-13H2,1-3H3/t15-,16+/m0/s1. The molecule has 0 aliphatic carbocycles. The molecule has 130 valence electrons. The molecule has 7 heteroatoms. The van der Waals surface area contributed by atoms with Gasteiger partial charge in [-0.3, -0.25) is 4.90 Å². The molecule has 2 atom stereocenters. The minimum absolute atomic E-state index is 0.157. The number of hydrogen-bond donors (Lipinski definition) is 2. The third-order valence-corrected chi connectivity index (χ3v) is 7.58. The summed E-state index contributed by atoms with van der Waals surface area (Å²) < 4.78 is 27.1. The minimum atomic E-state index is -3.33. The van der Waals surface area contributed by atoms with Crippen LogP contribution in [0.15, 0.2) is 30.3 Å². The summed E-state index contributed by atoms with van der Waals surface area (Å²) in [5.74, 6) is 0.157. The predicted molar refractivity (Wildman–Crippen MR) is 96.6 cm³/mol. The van der Waals surface area contributed by atoms with Crippen molar-refractivity contribution < 1.29 is 13.5 Å². The molecule has 1 aromatic carbocycles. The predicted octanol–water partition coefficient (Wildman–Crippen LogP) is 1.49. The molecule has 0 saturated carbocycles. The van der Waals surface area contributed by atoms with E-state index in [1.165, 1.54) is 5.56 Å². The van der Waals surface area contributed by atoms with E-state index in [-0.39, 0.29) is 5.75 Å². The highest BCUT2D eigenvalue weighted by atomic mass is 32.2. The first kappa shape index (κ1) is 18.6. The van der Waals surface area contributed by atoms with E-state index in [2.05, 4.69) is 29.3 Å². The van der Waals surface area contributed by atoms with Crippen LogP contribution in [-0.2, 0) is 16.6 Å². The van der Waals surface area contributed by atoms with Crippen molar-refractivity contribution >= 4 is 18.1 Å². The highest BCUT2D eigenvalue weighted by molar-refractivity contribution is 7.89. The van der Waals surface area contributed by atoms with Crippen LogP contribution in [0.4, 0.5) is 0 Å². The summed E-state index contributed by atoms with van der Waals surface area (Å²) in [5, 5.41) is 10.2. The highest BCUT2D eigenvalue weighted by Crippen LogP contribution is 2.16. The third kappa shape index (κ3) is 6.35. The van der Waals surface area contributed by atoms with E-state index >= 15 is 0 Å². The fourth-order valence-corrected chi connectivity index (χ4v) is 7.02. The van der Waals surface area contributed by atoms with Crippen LogP contribution in [-0.4, -0.2) is 57.5 Å². The molecule has 1 heterocycles. The molecule has 0 spiro atoms. The average molecular weight is 357 g/mol. The van der Waals surface area contributed by atoms with Crippen molar-refractivity contribution in [3.05, 3.63) is 35.9 Å². The first-order valence-electron chi connectivity index (χ1n) is 8.09. The lowest BCUT2D eigenvalue weighted by molar-refractivity contribution is 0.160. The number of nitrogens with one attached hydrogen (secondary N) is 1. The quantitative estimate of drug-likeness (QED) is 0.726. The van der Waals surface area contributed by atoms with Gasteiger partial charge in [-0.05, 0) is 11.6 Å².